The van der Waals surface area contributed by atoms with Gasteiger partial charge in [0.2, 0.25) is 5.91 Å². The molecule has 31 heavy (non-hydrogen) atoms. The van der Waals surface area contributed by atoms with E-state index in [1.807, 2.05) is 45.9 Å². The van der Waals surface area contributed by atoms with Crippen molar-refractivity contribution in [1.82, 2.24) is 15.2 Å². The number of likely N-dealkylation sites (tertiary alicyclic amines) is 1. The van der Waals surface area contributed by atoms with Gasteiger partial charge < -0.3 is 15.3 Å². The molecule has 2 heterocycles. The van der Waals surface area contributed by atoms with Crippen LogP contribution in [-0.2, 0) is 15.2 Å². The maximum absolute atomic E-state index is 13.1. The van der Waals surface area contributed by atoms with E-state index in [9.17, 15) is 14.7 Å². The number of nitrogens with zero attached hydrogens (tertiary/aromatic N) is 2. The number of carbonyl (C=O) groups is 2. The van der Waals surface area contributed by atoms with Crippen LogP contribution in [0.15, 0.2) is 42.1 Å². The van der Waals surface area contributed by atoms with Gasteiger partial charge in [0, 0.05) is 48.7 Å². The van der Waals surface area contributed by atoms with Crippen molar-refractivity contribution in [3.63, 3.8) is 0 Å². The largest absolute Gasteiger partial charge is 0.383 e. The van der Waals surface area contributed by atoms with Crippen LogP contribution in [0.2, 0.25) is 5.02 Å². The molecule has 1 unspecified atom stereocenters. The van der Waals surface area contributed by atoms with Gasteiger partial charge in [-0.25, -0.2) is 0 Å². The molecule has 0 spiro atoms. The Labute approximate surface area is 189 Å². The number of carbonyl (C=O) groups excluding carboxylic acids is 2. The predicted octanol–water partition coefficient (Wildman–Crippen LogP) is 3.74. The summed E-state index contributed by atoms with van der Waals surface area (Å²) in [5, 5.41) is 14.9. The summed E-state index contributed by atoms with van der Waals surface area (Å²) in [6.45, 7) is 8.42. The van der Waals surface area contributed by atoms with Crippen LogP contribution in [0.25, 0.3) is 0 Å². The molecule has 0 bridgehead atoms. The standard InChI is InChI=1S/C24H32ClN3O3/c1-22(2)16-28(13-12-24(22,31)19-11-10-18(25)15-26-19)20(29)14-23(3,4)27-21(30)17-8-6-5-7-9-17/h6,8-11,15,31H,5,7,12-14,16H2,1-4H3,(H,27,30). The Morgan fingerprint density at radius 2 is 2.03 bits per heavy atom. The summed E-state index contributed by atoms with van der Waals surface area (Å²) in [6.07, 6.45) is 9.63. The quantitative estimate of drug-likeness (QED) is 0.723. The summed E-state index contributed by atoms with van der Waals surface area (Å²) in [6, 6.07) is 3.46. The molecule has 1 fully saturated rings. The number of nitrogens with one attached hydrogen (secondary N) is 1. The summed E-state index contributed by atoms with van der Waals surface area (Å²) in [7, 11) is 0. The minimum Gasteiger partial charge on any atom is -0.383 e. The van der Waals surface area contributed by atoms with Crippen LogP contribution in [0, 0.1) is 5.41 Å². The van der Waals surface area contributed by atoms with Crippen LogP contribution >= 0.6 is 11.6 Å². The topological polar surface area (TPSA) is 82.5 Å². The fraction of sp³-hybridized carbons (Fsp3) is 0.542. The van der Waals surface area contributed by atoms with Crippen LogP contribution in [0.4, 0.5) is 0 Å². The van der Waals surface area contributed by atoms with Gasteiger partial charge in [0.1, 0.15) is 5.60 Å². The molecule has 1 aliphatic carbocycles. The van der Waals surface area contributed by atoms with Gasteiger partial charge in [-0.05, 0) is 38.8 Å². The van der Waals surface area contributed by atoms with Gasteiger partial charge in [0.25, 0.3) is 5.91 Å². The molecule has 168 valence electrons. The first-order valence-corrected chi connectivity index (χ1v) is 11.1. The summed E-state index contributed by atoms with van der Waals surface area (Å²) in [5.74, 6) is -0.200. The molecular formula is C24H32ClN3O3. The Hall–Kier alpha value is -2.18. The van der Waals surface area contributed by atoms with Crippen LogP contribution in [0.3, 0.4) is 0 Å². The van der Waals surface area contributed by atoms with E-state index in [1.165, 1.54) is 6.20 Å². The zero-order valence-corrected chi connectivity index (χ0v) is 19.5. The first kappa shape index (κ1) is 23.5. The second-order valence-electron chi connectivity index (χ2n) is 9.83. The van der Waals surface area contributed by atoms with E-state index in [-0.39, 0.29) is 18.2 Å². The Kier molecular flexibility index (Phi) is 6.63. The molecule has 2 aliphatic rings. The minimum atomic E-state index is -1.15. The monoisotopic (exact) mass is 445 g/mol. The molecule has 1 aromatic rings. The zero-order chi connectivity index (χ0) is 22.9. The number of amides is 2. The Morgan fingerprint density at radius 3 is 2.61 bits per heavy atom. The Balaban J connectivity index is 1.65. The van der Waals surface area contributed by atoms with Gasteiger partial charge in [0.15, 0.2) is 0 Å². The first-order chi connectivity index (χ1) is 14.4. The second-order valence-corrected chi connectivity index (χ2v) is 10.3. The number of hydrogen-bond donors (Lipinski definition) is 2. The van der Waals surface area contributed by atoms with E-state index in [0.29, 0.717) is 35.8 Å². The molecule has 7 heteroatoms. The highest BCUT2D eigenvalue weighted by molar-refractivity contribution is 6.30. The number of rotatable bonds is 5. The van der Waals surface area contributed by atoms with Crippen molar-refractivity contribution >= 4 is 23.4 Å². The summed E-state index contributed by atoms with van der Waals surface area (Å²) in [4.78, 5) is 31.7. The van der Waals surface area contributed by atoms with Gasteiger partial charge >= 0.3 is 0 Å². The number of hydrogen-bond acceptors (Lipinski definition) is 4. The van der Waals surface area contributed by atoms with Gasteiger partial charge in [-0.15, -0.1) is 0 Å². The van der Waals surface area contributed by atoms with Crippen molar-refractivity contribution in [3.05, 3.63) is 52.8 Å². The molecule has 0 radical (unpaired) electrons. The predicted molar refractivity (Wildman–Crippen MR) is 121 cm³/mol. The van der Waals surface area contributed by atoms with E-state index in [0.717, 1.165) is 12.8 Å². The van der Waals surface area contributed by atoms with E-state index in [1.54, 1.807) is 17.0 Å². The van der Waals surface area contributed by atoms with Crippen molar-refractivity contribution < 1.29 is 14.7 Å². The zero-order valence-electron chi connectivity index (χ0n) is 18.7. The van der Waals surface area contributed by atoms with Crippen LogP contribution in [0.5, 0.6) is 0 Å². The molecule has 6 nitrogen and oxygen atoms in total. The number of allylic oxidation sites excluding steroid dienone is 2. The maximum Gasteiger partial charge on any atom is 0.251 e. The lowest BCUT2D eigenvalue weighted by Crippen LogP contribution is -2.58. The highest BCUT2D eigenvalue weighted by Gasteiger charge is 2.50. The molecule has 0 saturated carbocycles. The highest BCUT2D eigenvalue weighted by Crippen LogP contribution is 2.45. The SMILES string of the molecule is CC(C)(CC(=O)N1CCC(O)(c2ccc(Cl)cn2)C(C)(C)C1)NC(=O)C1=CCCC=C1. The Morgan fingerprint density at radius 1 is 1.29 bits per heavy atom. The van der Waals surface area contributed by atoms with Gasteiger partial charge in [-0.2, -0.15) is 0 Å². The van der Waals surface area contributed by atoms with Gasteiger partial charge in [-0.3, -0.25) is 14.6 Å². The lowest BCUT2D eigenvalue weighted by Gasteiger charge is -2.50. The Bertz CT molecular complexity index is 905. The molecule has 1 saturated heterocycles. The van der Waals surface area contributed by atoms with Crippen molar-refractivity contribution in [3.8, 4) is 0 Å². The lowest BCUT2D eigenvalue weighted by atomic mass is 9.68. The average molecular weight is 446 g/mol. The number of aliphatic hydroxyl groups is 1. The van der Waals surface area contributed by atoms with Crippen LogP contribution in [0.1, 0.15) is 59.1 Å². The molecule has 2 amide bonds. The maximum atomic E-state index is 13.1. The smallest absolute Gasteiger partial charge is 0.251 e. The van der Waals surface area contributed by atoms with E-state index < -0.39 is 16.6 Å². The van der Waals surface area contributed by atoms with E-state index in [4.69, 9.17) is 11.6 Å². The van der Waals surface area contributed by atoms with E-state index in [2.05, 4.69) is 10.3 Å². The molecule has 1 atom stereocenters. The average Bonchev–Trinajstić information content (AvgIpc) is 2.70. The third kappa shape index (κ3) is 5.18. The van der Waals surface area contributed by atoms with Crippen LogP contribution < -0.4 is 5.32 Å². The molecule has 3 rings (SSSR count). The number of halogens is 1. The summed E-state index contributed by atoms with van der Waals surface area (Å²) in [5.41, 5.74) is -1.23. The second kappa shape index (κ2) is 8.75. The third-order valence-corrected chi connectivity index (χ3v) is 6.48. The molecule has 1 aliphatic heterocycles. The first-order valence-electron chi connectivity index (χ1n) is 10.7. The fourth-order valence-corrected chi connectivity index (χ4v) is 4.44. The normalized spacial score (nSPS) is 23.3. The van der Waals surface area contributed by atoms with Gasteiger partial charge in [0.05, 0.1) is 10.7 Å². The van der Waals surface area contributed by atoms with Crippen molar-refractivity contribution in [2.45, 2.75) is 64.5 Å². The molecule has 1 aromatic heterocycles. The summed E-state index contributed by atoms with van der Waals surface area (Å²) >= 11 is 5.94. The molecular weight excluding hydrogens is 414 g/mol. The fourth-order valence-electron chi connectivity index (χ4n) is 4.33. The van der Waals surface area contributed by atoms with Gasteiger partial charge in [-0.1, -0.05) is 43.7 Å². The number of aromatic nitrogens is 1. The van der Waals surface area contributed by atoms with E-state index >= 15 is 0 Å². The highest BCUT2D eigenvalue weighted by atomic mass is 35.5. The lowest BCUT2D eigenvalue weighted by molar-refractivity contribution is -0.155. The third-order valence-electron chi connectivity index (χ3n) is 6.26. The minimum absolute atomic E-state index is 0.0438. The van der Waals surface area contributed by atoms with Crippen molar-refractivity contribution in [1.29, 1.82) is 0 Å². The van der Waals surface area contributed by atoms with Crippen LogP contribution in [-0.4, -0.2) is 45.4 Å². The number of pyridine rings is 1. The molecule has 0 aromatic carbocycles. The van der Waals surface area contributed by atoms with Crippen molar-refractivity contribution in [2.24, 2.45) is 5.41 Å². The summed E-state index contributed by atoms with van der Waals surface area (Å²) < 4.78 is 0. The number of piperidine rings is 1. The molecule has 2 N–H and O–H groups in total. The van der Waals surface area contributed by atoms with Crippen molar-refractivity contribution in [2.75, 3.05) is 13.1 Å².